The van der Waals surface area contributed by atoms with Gasteiger partial charge in [0.25, 0.3) is 5.91 Å². The Morgan fingerprint density at radius 3 is 2.46 bits per heavy atom. The molecule has 2 aromatic carbocycles. The van der Waals surface area contributed by atoms with Gasteiger partial charge < -0.3 is 19.3 Å². The van der Waals surface area contributed by atoms with Gasteiger partial charge in [0.05, 0.1) is 20.8 Å². The molecule has 6 nitrogen and oxygen atoms in total. The van der Waals surface area contributed by atoms with Crippen LogP contribution in [-0.4, -0.2) is 25.3 Å². The van der Waals surface area contributed by atoms with Crippen LogP contribution in [0, 0.1) is 6.92 Å². The Morgan fingerprint density at radius 2 is 1.77 bits per heavy atom. The molecular weight excluding hydrogens is 332 g/mol. The van der Waals surface area contributed by atoms with Crippen molar-refractivity contribution in [2.75, 3.05) is 14.2 Å². The van der Waals surface area contributed by atoms with Gasteiger partial charge in [-0.3, -0.25) is 4.79 Å². The smallest absolute Gasteiger partial charge is 0.251 e. The first-order valence-electron chi connectivity index (χ1n) is 8.13. The Balaban J connectivity index is 1.68. The maximum absolute atomic E-state index is 12.2. The number of aromatic nitrogens is 1. The van der Waals surface area contributed by atoms with Gasteiger partial charge in [-0.1, -0.05) is 22.9 Å². The number of nitrogens with zero attached hydrogens (tertiary/aromatic N) is 1. The van der Waals surface area contributed by atoms with Crippen LogP contribution in [0.2, 0.25) is 0 Å². The summed E-state index contributed by atoms with van der Waals surface area (Å²) in [6, 6.07) is 14.7. The maximum Gasteiger partial charge on any atom is 0.251 e. The highest BCUT2D eigenvalue weighted by Gasteiger charge is 2.12. The number of carbonyl (C=O) groups is 1. The maximum atomic E-state index is 12.2. The zero-order chi connectivity index (χ0) is 18.5. The molecule has 26 heavy (non-hydrogen) atoms. The van der Waals surface area contributed by atoms with E-state index in [4.69, 9.17) is 14.0 Å². The van der Waals surface area contributed by atoms with E-state index in [1.54, 1.807) is 32.4 Å². The molecule has 1 heterocycles. The molecule has 0 aliphatic carbocycles. The molecule has 0 bridgehead atoms. The van der Waals surface area contributed by atoms with Crippen molar-refractivity contribution >= 4 is 5.91 Å². The molecule has 0 saturated carbocycles. The lowest BCUT2D eigenvalue weighted by atomic mass is 10.1. The molecule has 0 aliphatic heterocycles. The lowest BCUT2D eigenvalue weighted by Gasteiger charge is -2.07. The van der Waals surface area contributed by atoms with Crippen LogP contribution in [0.5, 0.6) is 11.5 Å². The van der Waals surface area contributed by atoms with Crippen molar-refractivity contribution in [2.45, 2.75) is 13.5 Å². The highest BCUT2D eigenvalue weighted by Crippen LogP contribution is 2.32. The summed E-state index contributed by atoms with van der Waals surface area (Å²) < 4.78 is 15.8. The van der Waals surface area contributed by atoms with Crippen LogP contribution >= 0.6 is 0 Å². The first kappa shape index (κ1) is 17.5. The van der Waals surface area contributed by atoms with Crippen LogP contribution in [0.3, 0.4) is 0 Å². The van der Waals surface area contributed by atoms with Crippen molar-refractivity contribution < 1.29 is 18.8 Å². The summed E-state index contributed by atoms with van der Waals surface area (Å²) in [5.74, 6) is 1.66. The molecular formula is C20H20N2O4. The molecule has 0 saturated heterocycles. The number of nitrogens with one attached hydrogen (secondary N) is 1. The normalized spacial score (nSPS) is 10.4. The number of carbonyl (C=O) groups excluding carboxylic acids is 1. The Kier molecular flexibility index (Phi) is 5.22. The van der Waals surface area contributed by atoms with Crippen LogP contribution in [0.1, 0.15) is 21.7 Å². The van der Waals surface area contributed by atoms with Crippen molar-refractivity contribution in [3.05, 3.63) is 65.4 Å². The monoisotopic (exact) mass is 352 g/mol. The van der Waals surface area contributed by atoms with E-state index in [1.807, 2.05) is 37.3 Å². The number of rotatable bonds is 6. The van der Waals surface area contributed by atoms with Gasteiger partial charge >= 0.3 is 0 Å². The molecule has 0 spiro atoms. The standard InChI is InChI=1S/C20H20N2O4/c1-13-4-6-14(7-5-13)20(23)21-12-16-11-17(22-26-16)15-8-9-18(24-2)19(10-15)25-3/h4-11H,12H2,1-3H3,(H,21,23). The van der Waals surface area contributed by atoms with E-state index in [0.717, 1.165) is 11.1 Å². The number of amides is 1. The van der Waals surface area contributed by atoms with Crippen molar-refractivity contribution in [1.82, 2.24) is 10.5 Å². The summed E-state index contributed by atoms with van der Waals surface area (Å²) in [6.45, 7) is 2.24. The fourth-order valence-electron chi connectivity index (χ4n) is 2.50. The molecule has 1 amide bonds. The van der Waals surface area contributed by atoms with Crippen LogP contribution in [0.4, 0.5) is 0 Å². The second-order valence-corrected chi connectivity index (χ2v) is 5.80. The van der Waals surface area contributed by atoms with Gasteiger partial charge in [0.1, 0.15) is 5.69 Å². The number of benzene rings is 2. The van der Waals surface area contributed by atoms with Gasteiger partial charge in [-0.25, -0.2) is 0 Å². The summed E-state index contributed by atoms with van der Waals surface area (Å²) in [7, 11) is 3.17. The summed E-state index contributed by atoms with van der Waals surface area (Å²) in [6.07, 6.45) is 0. The minimum atomic E-state index is -0.158. The third-order valence-electron chi connectivity index (χ3n) is 3.98. The van der Waals surface area contributed by atoms with Crippen molar-refractivity contribution in [1.29, 1.82) is 0 Å². The Bertz CT molecular complexity index is 900. The molecule has 3 rings (SSSR count). The largest absolute Gasteiger partial charge is 0.493 e. The molecule has 0 atom stereocenters. The molecule has 6 heteroatoms. The third kappa shape index (κ3) is 3.85. The molecule has 1 aromatic heterocycles. The van der Waals surface area contributed by atoms with E-state index in [2.05, 4.69) is 10.5 Å². The van der Waals surface area contributed by atoms with Gasteiger partial charge in [-0.15, -0.1) is 0 Å². The van der Waals surface area contributed by atoms with E-state index < -0.39 is 0 Å². The van der Waals surface area contributed by atoms with E-state index in [9.17, 15) is 4.79 Å². The summed E-state index contributed by atoms with van der Waals surface area (Å²) >= 11 is 0. The highest BCUT2D eigenvalue weighted by molar-refractivity contribution is 5.94. The van der Waals surface area contributed by atoms with Crippen molar-refractivity contribution in [2.24, 2.45) is 0 Å². The number of methoxy groups -OCH3 is 2. The average Bonchev–Trinajstić information content (AvgIpc) is 3.15. The van der Waals surface area contributed by atoms with Crippen molar-refractivity contribution in [3.63, 3.8) is 0 Å². The fraction of sp³-hybridized carbons (Fsp3) is 0.200. The predicted octanol–water partition coefficient (Wildman–Crippen LogP) is 3.60. The van der Waals surface area contributed by atoms with E-state index >= 15 is 0 Å². The van der Waals surface area contributed by atoms with Gasteiger partial charge in [0.15, 0.2) is 17.3 Å². The second-order valence-electron chi connectivity index (χ2n) is 5.80. The molecule has 3 aromatic rings. The molecule has 0 unspecified atom stereocenters. The van der Waals surface area contributed by atoms with E-state index in [0.29, 0.717) is 28.5 Å². The number of aryl methyl sites for hydroxylation is 1. The van der Waals surface area contributed by atoms with Gasteiger partial charge in [-0.05, 0) is 37.3 Å². The molecule has 0 fully saturated rings. The van der Waals surface area contributed by atoms with Crippen LogP contribution in [0.25, 0.3) is 11.3 Å². The first-order chi connectivity index (χ1) is 12.6. The molecule has 134 valence electrons. The zero-order valence-corrected chi connectivity index (χ0v) is 14.9. The van der Waals surface area contributed by atoms with Crippen LogP contribution in [0.15, 0.2) is 53.1 Å². The molecule has 0 aliphatic rings. The molecule has 0 radical (unpaired) electrons. The number of ether oxygens (including phenoxy) is 2. The quantitative estimate of drug-likeness (QED) is 0.734. The minimum absolute atomic E-state index is 0.158. The van der Waals surface area contributed by atoms with E-state index in [1.165, 1.54) is 0 Å². The van der Waals surface area contributed by atoms with E-state index in [-0.39, 0.29) is 12.5 Å². The topological polar surface area (TPSA) is 73.6 Å². The van der Waals surface area contributed by atoms with Crippen LogP contribution in [-0.2, 0) is 6.54 Å². The van der Waals surface area contributed by atoms with Gasteiger partial charge in [0.2, 0.25) is 0 Å². The summed E-state index contributed by atoms with van der Waals surface area (Å²) in [5, 5.41) is 6.88. The lowest BCUT2D eigenvalue weighted by molar-refractivity contribution is 0.0947. The second kappa shape index (κ2) is 7.74. The minimum Gasteiger partial charge on any atom is -0.493 e. The SMILES string of the molecule is COc1ccc(-c2cc(CNC(=O)c3ccc(C)cc3)on2)cc1OC. The Hall–Kier alpha value is -3.28. The highest BCUT2D eigenvalue weighted by atomic mass is 16.5. The lowest BCUT2D eigenvalue weighted by Crippen LogP contribution is -2.22. The number of hydrogen-bond donors (Lipinski definition) is 1. The summed E-state index contributed by atoms with van der Waals surface area (Å²) in [5.41, 5.74) is 3.21. The van der Waals surface area contributed by atoms with Crippen molar-refractivity contribution in [3.8, 4) is 22.8 Å². The van der Waals surface area contributed by atoms with Gasteiger partial charge in [-0.2, -0.15) is 0 Å². The van der Waals surface area contributed by atoms with Crippen LogP contribution < -0.4 is 14.8 Å². The first-order valence-corrected chi connectivity index (χ1v) is 8.13. The zero-order valence-electron chi connectivity index (χ0n) is 14.9. The Morgan fingerprint density at radius 1 is 1.04 bits per heavy atom. The molecule has 1 N–H and O–H groups in total. The Labute approximate surface area is 151 Å². The number of hydrogen-bond acceptors (Lipinski definition) is 5. The summed E-state index contributed by atoms with van der Waals surface area (Å²) in [4.78, 5) is 12.2. The third-order valence-corrected chi connectivity index (χ3v) is 3.98. The average molecular weight is 352 g/mol. The van der Waals surface area contributed by atoms with Gasteiger partial charge in [0, 0.05) is 17.2 Å². The fourth-order valence-corrected chi connectivity index (χ4v) is 2.50. The predicted molar refractivity (Wildman–Crippen MR) is 97.4 cm³/mol.